The van der Waals surface area contributed by atoms with Gasteiger partial charge in [-0.05, 0) is 18.1 Å². The average molecular weight is 337 g/mol. The molecule has 0 spiro atoms. The van der Waals surface area contributed by atoms with E-state index in [1.807, 2.05) is 13.8 Å². The maximum absolute atomic E-state index is 12.6. The van der Waals surface area contributed by atoms with Crippen LogP contribution in [0.4, 0.5) is 0 Å². The minimum Gasteiger partial charge on any atom is -0.389 e. The number of rotatable bonds is 8. The molecule has 20 heavy (non-hydrogen) atoms. The first kappa shape index (κ1) is 17.5. The molecule has 0 atom stereocenters. The molecule has 0 radical (unpaired) electrons. The second-order valence-electron chi connectivity index (χ2n) is 4.73. The Bertz CT molecular complexity index is 552. The van der Waals surface area contributed by atoms with Crippen LogP contribution in [0.3, 0.4) is 0 Å². The second-order valence-corrected chi connectivity index (χ2v) is 8.42. The van der Waals surface area contributed by atoms with Crippen LogP contribution in [-0.4, -0.2) is 44.5 Å². The van der Waals surface area contributed by atoms with Gasteiger partial charge in [0.15, 0.2) is 0 Å². The summed E-state index contributed by atoms with van der Waals surface area (Å²) in [5.41, 5.74) is 5.52. The summed E-state index contributed by atoms with van der Waals surface area (Å²) in [6.07, 6.45) is 0. The van der Waals surface area contributed by atoms with Gasteiger partial charge in [-0.2, -0.15) is 4.31 Å². The van der Waals surface area contributed by atoms with E-state index in [4.69, 9.17) is 22.7 Å². The zero-order valence-corrected chi connectivity index (χ0v) is 14.3. The van der Waals surface area contributed by atoms with Crippen LogP contribution in [0.1, 0.15) is 18.7 Å². The Kier molecular flexibility index (Phi) is 6.53. The predicted molar refractivity (Wildman–Crippen MR) is 85.7 cm³/mol. The molecule has 2 N–H and O–H groups in total. The van der Waals surface area contributed by atoms with Crippen molar-refractivity contribution in [1.82, 2.24) is 4.31 Å². The third kappa shape index (κ3) is 4.49. The molecular formula is C12H20N2O3S3. The van der Waals surface area contributed by atoms with E-state index < -0.39 is 10.0 Å². The lowest BCUT2D eigenvalue weighted by molar-refractivity contribution is 0.175. The Morgan fingerprint density at radius 3 is 2.60 bits per heavy atom. The lowest BCUT2D eigenvalue weighted by atomic mass is 10.2. The number of ether oxygens (including phenoxy) is 1. The monoisotopic (exact) mass is 336 g/mol. The first-order chi connectivity index (χ1) is 9.28. The molecule has 1 aromatic rings. The van der Waals surface area contributed by atoms with Gasteiger partial charge in [-0.25, -0.2) is 8.42 Å². The third-order valence-corrected chi connectivity index (χ3v) is 6.33. The molecule has 0 aromatic carbocycles. The Labute approximate surface area is 129 Å². The van der Waals surface area contributed by atoms with E-state index in [0.29, 0.717) is 24.6 Å². The number of nitrogens with zero attached hydrogens (tertiary/aromatic N) is 1. The topological polar surface area (TPSA) is 72.6 Å². The molecule has 0 unspecified atom stereocenters. The number of nitrogens with two attached hydrogens (primary N) is 1. The van der Waals surface area contributed by atoms with E-state index in [1.165, 1.54) is 4.31 Å². The Hall–Kier alpha value is -0.540. The molecule has 1 aromatic heterocycles. The molecule has 0 saturated heterocycles. The molecule has 0 aliphatic carbocycles. The van der Waals surface area contributed by atoms with Gasteiger partial charge in [0.1, 0.15) is 9.20 Å². The van der Waals surface area contributed by atoms with E-state index in [0.717, 1.165) is 11.3 Å². The number of sulfonamides is 1. The highest BCUT2D eigenvalue weighted by atomic mass is 32.2. The first-order valence-corrected chi connectivity index (χ1v) is 8.84. The van der Waals surface area contributed by atoms with Gasteiger partial charge in [0.25, 0.3) is 10.0 Å². The van der Waals surface area contributed by atoms with Crippen LogP contribution >= 0.6 is 23.6 Å². The van der Waals surface area contributed by atoms with Gasteiger partial charge < -0.3 is 10.5 Å². The van der Waals surface area contributed by atoms with E-state index in [1.54, 1.807) is 19.2 Å². The van der Waals surface area contributed by atoms with Crippen molar-refractivity contribution in [1.29, 1.82) is 0 Å². The van der Waals surface area contributed by atoms with Crippen LogP contribution in [0, 0.1) is 5.92 Å². The number of methoxy groups -OCH3 is 1. The second kappa shape index (κ2) is 7.46. The van der Waals surface area contributed by atoms with Gasteiger partial charge in [-0.3, -0.25) is 0 Å². The number of hydrogen-bond donors (Lipinski definition) is 1. The standard InChI is InChI=1S/C12H20N2O3S3/c1-9(2)8-14(6-7-17-3)20(15,16)11-5-4-10(19-11)12(13)18/h4-5,9H,6-8H2,1-3H3,(H2,13,18). The van der Waals surface area contributed by atoms with E-state index in [2.05, 4.69) is 0 Å². The maximum atomic E-state index is 12.6. The molecule has 0 bridgehead atoms. The van der Waals surface area contributed by atoms with Gasteiger partial charge in [0, 0.05) is 20.2 Å². The lowest BCUT2D eigenvalue weighted by Gasteiger charge is -2.22. The smallest absolute Gasteiger partial charge is 0.252 e. The highest BCUT2D eigenvalue weighted by molar-refractivity contribution is 7.91. The maximum Gasteiger partial charge on any atom is 0.252 e. The van der Waals surface area contributed by atoms with Crippen LogP contribution < -0.4 is 5.73 Å². The van der Waals surface area contributed by atoms with Gasteiger partial charge in [0.2, 0.25) is 0 Å². The van der Waals surface area contributed by atoms with Crippen LogP contribution in [0.2, 0.25) is 0 Å². The van der Waals surface area contributed by atoms with Gasteiger partial charge in [0.05, 0.1) is 11.5 Å². The predicted octanol–water partition coefficient (Wildman–Crippen LogP) is 1.68. The lowest BCUT2D eigenvalue weighted by Crippen LogP contribution is -2.36. The summed E-state index contributed by atoms with van der Waals surface area (Å²) >= 11 is 5.96. The fourth-order valence-corrected chi connectivity index (χ4v) is 4.72. The minimum atomic E-state index is -3.52. The van der Waals surface area contributed by atoms with Crippen LogP contribution in [0.25, 0.3) is 0 Å². The van der Waals surface area contributed by atoms with Crippen LogP contribution in [-0.2, 0) is 14.8 Å². The summed E-state index contributed by atoms with van der Waals surface area (Å²) < 4.78 is 31.9. The highest BCUT2D eigenvalue weighted by Crippen LogP contribution is 2.25. The third-order valence-electron chi connectivity index (χ3n) is 2.53. The Morgan fingerprint density at radius 2 is 2.15 bits per heavy atom. The van der Waals surface area contributed by atoms with Crippen molar-refractivity contribution in [2.24, 2.45) is 11.7 Å². The zero-order chi connectivity index (χ0) is 15.3. The average Bonchev–Trinajstić information content (AvgIpc) is 2.84. The normalized spacial score (nSPS) is 12.2. The minimum absolute atomic E-state index is 0.212. The molecule has 1 heterocycles. The van der Waals surface area contributed by atoms with Crippen molar-refractivity contribution in [3.05, 3.63) is 17.0 Å². The van der Waals surface area contributed by atoms with Gasteiger partial charge in [-0.15, -0.1) is 11.3 Å². The summed E-state index contributed by atoms with van der Waals surface area (Å²) in [6.45, 7) is 5.09. The zero-order valence-electron chi connectivity index (χ0n) is 11.8. The summed E-state index contributed by atoms with van der Waals surface area (Å²) in [5.74, 6) is 0.233. The molecular weight excluding hydrogens is 316 g/mol. The number of hydrogen-bond acceptors (Lipinski definition) is 5. The van der Waals surface area contributed by atoms with Gasteiger partial charge >= 0.3 is 0 Å². The van der Waals surface area contributed by atoms with E-state index in [-0.39, 0.29) is 15.1 Å². The molecule has 0 amide bonds. The molecule has 8 heteroatoms. The summed E-state index contributed by atoms with van der Waals surface area (Å²) in [4.78, 5) is 0.818. The van der Waals surface area contributed by atoms with Crippen LogP contribution in [0.5, 0.6) is 0 Å². The Balaban J connectivity index is 3.04. The fraction of sp³-hybridized carbons (Fsp3) is 0.583. The van der Waals surface area contributed by atoms with Crippen molar-refractivity contribution >= 4 is 38.6 Å². The molecule has 0 fully saturated rings. The molecule has 0 aliphatic heterocycles. The Morgan fingerprint density at radius 1 is 1.50 bits per heavy atom. The summed E-state index contributed by atoms with van der Waals surface area (Å²) in [7, 11) is -1.97. The quantitative estimate of drug-likeness (QED) is 0.731. The SMILES string of the molecule is COCCN(CC(C)C)S(=O)(=O)c1ccc(C(N)=S)s1. The first-order valence-electron chi connectivity index (χ1n) is 6.17. The van der Waals surface area contributed by atoms with Crippen molar-refractivity contribution in [3.63, 3.8) is 0 Å². The molecule has 5 nitrogen and oxygen atoms in total. The fourth-order valence-electron chi connectivity index (χ4n) is 1.63. The van der Waals surface area contributed by atoms with Crippen LogP contribution in [0.15, 0.2) is 16.3 Å². The van der Waals surface area contributed by atoms with Crippen molar-refractivity contribution in [3.8, 4) is 0 Å². The molecule has 114 valence electrons. The summed E-state index contributed by atoms with van der Waals surface area (Å²) in [6, 6.07) is 3.19. The molecule has 0 aliphatic rings. The van der Waals surface area contributed by atoms with E-state index in [9.17, 15) is 8.42 Å². The largest absolute Gasteiger partial charge is 0.389 e. The van der Waals surface area contributed by atoms with Crippen molar-refractivity contribution < 1.29 is 13.2 Å². The molecule has 1 rings (SSSR count). The molecule has 0 saturated carbocycles. The van der Waals surface area contributed by atoms with E-state index >= 15 is 0 Å². The number of thiocarbonyl (C=S) groups is 1. The van der Waals surface area contributed by atoms with Gasteiger partial charge in [-0.1, -0.05) is 26.1 Å². The highest BCUT2D eigenvalue weighted by Gasteiger charge is 2.26. The van der Waals surface area contributed by atoms with Crippen molar-refractivity contribution in [2.45, 2.75) is 18.1 Å². The number of thiophene rings is 1. The van der Waals surface area contributed by atoms with Crippen molar-refractivity contribution in [2.75, 3.05) is 26.8 Å². The summed E-state index contributed by atoms with van der Waals surface area (Å²) in [5, 5.41) is 0.